The van der Waals surface area contributed by atoms with Crippen LogP contribution in [0, 0.1) is 28.1 Å². The van der Waals surface area contributed by atoms with Gasteiger partial charge in [-0.05, 0) is 30.5 Å². The van der Waals surface area contributed by atoms with E-state index in [1.807, 2.05) is 42.5 Å². The topological polar surface area (TPSA) is 98.8 Å². The maximum absolute atomic E-state index is 10.4. The molecule has 1 saturated carbocycles. The predicted molar refractivity (Wildman–Crippen MR) is 143 cm³/mol. The van der Waals surface area contributed by atoms with Crippen LogP contribution < -0.4 is 5.73 Å². The van der Waals surface area contributed by atoms with Crippen LogP contribution >= 0.6 is 23.1 Å². The van der Waals surface area contributed by atoms with Gasteiger partial charge in [0.1, 0.15) is 15.9 Å². The highest BCUT2D eigenvalue weighted by molar-refractivity contribution is 8.02. The summed E-state index contributed by atoms with van der Waals surface area (Å²) in [7, 11) is 0. The summed E-state index contributed by atoms with van der Waals surface area (Å²) >= 11 is 3.17. The zero-order valence-corrected chi connectivity index (χ0v) is 20.9. The fraction of sp³-hybridized carbons (Fsp3) is 0.286. The molecule has 5 rings (SSSR count). The number of nitrogens with two attached hydrogens (primary N) is 1. The van der Waals surface area contributed by atoms with E-state index < -0.39 is 0 Å². The lowest BCUT2D eigenvalue weighted by atomic mass is 9.61. The van der Waals surface area contributed by atoms with Crippen LogP contribution in [0.3, 0.4) is 0 Å². The zero-order valence-electron chi connectivity index (χ0n) is 19.3. The highest BCUT2D eigenvalue weighted by Gasteiger charge is 2.50. The Morgan fingerprint density at radius 2 is 1.74 bits per heavy atom. The van der Waals surface area contributed by atoms with Crippen LogP contribution in [0.15, 0.2) is 75.6 Å². The minimum absolute atomic E-state index is 0.181. The zero-order chi connectivity index (χ0) is 24.3. The average Bonchev–Trinajstić information content (AvgIpc) is 3.38. The summed E-state index contributed by atoms with van der Waals surface area (Å²) in [6, 6.07) is 22.4. The second-order valence-corrected chi connectivity index (χ2v) is 10.9. The van der Waals surface area contributed by atoms with Gasteiger partial charge in [-0.25, -0.2) is 9.98 Å². The smallest absolute Gasteiger partial charge is 0.113 e. The monoisotopic (exact) mass is 495 g/mol. The van der Waals surface area contributed by atoms with Crippen molar-refractivity contribution in [3.8, 4) is 23.4 Å². The van der Waals surface area contributed by atoms with Crippen molar-refractivity contribution in [3.63, 3.8) is 0 Å². The van der Waals surface area contributed by atoms with Crippen LogP contribution in [-0.2, 0) is 5.75 Å². The molecule has 1 aliphatic carbocycles. The Balaban J connectivity index is 1.50. The number of allylic oxidation sites excluding steroid dienone is 1. The highest BCUT2D eigenvalue weighted by Crippen LogP contribution is 2.57. The van der Waals surface area contributed by atoms with Gasteiger partial charge < -0.3 is 5.73 Å². The van der Waals surface area contributed by atoms with Gasteiger partial charge in [-0.3, -0.25) is 0 Å². The van der Waals surface area contributed by atoms with E-state index in [0.717, 1.165) is 58.1 Å². The summed E-state index contributed by atoms with van der Waals surface area (Å²) in [4.78, 5) is 9.80. The molecule has 1 fully saturated rings. The molecular weight excluding hydrogens is 470 g/mol. The van der Waals surface area contributed by atoms with E-state index in [4.69, 9.17) is 21.0 Å². The number of benzene rings is 2. The van der Waals surface area contributed by atoms with Gasteiger partial charge in [-0.15, -0.1) is 23.1 Å². The SMILES string of the molecule is N#CC1=C(SCc2ccc(C#N)cc2)N=C(N)[C@H](c2nc(-c3ccccc3)cs2)C12CCCCC2. The van der Waals surface area contributed by atoms with Crippen LogP contribution in [-0.4, -0.2) is 10.8 Å². The summed E-state index contributed by atoms with van der Waals surface area (Å²) in [5.41, 5.74) is 10.8. The number of thiazole rings is 1. The molecule has 0 bridgehead atoms. The number of aromatic nitrogens is 1. The number of aliphatic imine (C=N–C) groups is 1. The van der Waals surface area contributed by atoms with Gasteiger partial charge in [0.2, 0.25) is 0 Å². The van der Waals surface area contributed by atoms with Crippen LogP contribution in [0.25, 0.3) is 11.3 Å². The number of nitriles is 2. The standard InChI is InChI=1S/C28H25N5S2/c29-15-19-9-11-20(12-10-19)17-34-26-22(16-30)28(13-5-2-6-14-28)24(25(31)33-26)27-32-23(18-35-27)21-7-3-1-4-8-21/h1,3-4,7-12,18,24H,2,5-6,13-14,17H2,(H2,31,33)/t24-/m1/s1. The molecule has 1 aliphatic heterocycles. The third-order valence-electron chi connectivity index (χ3n) is 6.95. The van der Waals surface area contributed by atoms with E-state index in [0.29, 0.717) is 17.2 Å². The lowest BCUT2D eigenvalue weighted by molar-refractivity contribution is 0.224. The molecule has 35 heavy (non-hydrogen) atoms. The van der Waals surface area contributed by atoms with Crippen molar-refractivity contribution in [2.75, 3.05) is 0 Å². The van der Waals surface area contributed by atoms with Crippen LogP contribution in [0.5, 0.6) is 0 Å². The number of rotatable bonds is 5. The Morgan fingerprint density at radius 1 is 1.00 bits per heavy atom. The average molecular weight is 496 g/mol. The molecule has 0 saturated heterocycles. The number of amidine groups is 1. The molecule has 0 unspecified atom stereocenters. The Labute approximate surface area is 214 Å². The van der Waals surface area contributed by atoms with Crippen molar-refractivity contribution in [1.29, 1.82) is 10.5 Å². The van der Waals surface area contributed by atoms with Gasteiger partial charge in [-0.1, -0.05) is 61.7 Å². The number of nitrogens with zero attached hydrogens (tertiary/aromatic N) is 4. The van der Waals surface area contributed by atoms with E-state index in [1.165, 1.54) is 6.42 Å². The van der Waals surface area contributed by atoms with E-state index in [1.54, 1.807) is 23.1 Å². The highest BCUT2D eigenvalue weighted by atomic mass is 32.2. The molecule has 5 nitrogen and oxygen atoms in total. The molecule has 2 N–H and O–H groups in total. The summed E-state index contributed by atoms with van der Waals surface area (Å²) < 4.78 is 0. The molecule has 2 aliphatic rings. The lowest BCUT2D eigenvalue weighted by Gasteiger charge is -2.44. The Morgan fingerprint density at radius 3 is 2.43 bits per heavy atom. The number of thioether (sulfide) groups is 1. The van der Waals surface area contributed by atoms with E-state index in [-0.39, 0.29) is 11.3 Å². The van der Waals surface area contributed by atoms with E-state index >= 15 is 0 Å². The molecule has 0 amide bonds. The second-order valence-electron chi connectivity index (χ2n) is 9.01. The maximum Gasteiger partial charge on any atom is 0.113 e. The first-order valence-corrected chi connectivity index (χ1v) is 13.6. The largest absolute Gasteiger partial charge is 0.387 e. The number of hydrogen-bond acceptors (Lipinski definition) is 7. The molecule has 2 aromatic carbocycles. The molecule has 7 heteroatoms. The third-order valence-corrected chi connectivity index (χ3v) is 8.90. The van der Waals surface area contributed by atoms with Gasteiger partial charge in [0.25, 0.3) is 0 Å². The van der Waals surface area contributed by atoms with Crippen molar-refractivity contribution >= 4 is 28.9 Å². The van der Waals surface area contributed by atoms with Crippen molar-refractivity contribution in [1.82, 2.24) is 4.98 Å². The molecular formula is C28H25N5S2. The Bertz CT molecular complexity index is 1350. The summed E-state index contributed by atoms with van der Waals surface area (Å²) in [5.74, 6) is 1.04. The molecule has 3 aromatic rings. The van der Waals surface area contributed by atoms with Crippen molar-refractivity contribution < 1.29 is 0 Å². The normalized spacial score (nSPS) is 19.1. The van der Waals surface area contributed by atoms with Crippen LogP contribution in [0.4, 0.5) is 0 Å². The Hall–Kier alpha value is -3.39. The number of hydrogen-bond donors (Lipinski definition) is 1. The fourth-order valence-electron chi connectivity index (χ4n) is 5.21. The van der Waals surface area contributed by atoms with Crippen molar-refractivity contribution in [2.45, 2.75) is 43.8 Å². The first-order valence-electron chi connectivity index (χ1n) is 11.8. The van der Waals surface area contributed by atoms with E-state index in [9.17, 15) is 5.26 Å². The van der Waals surface area contributed by atoms with E-state index in [2.05, 4.69) is 29.7 Å². The summed E-state index contributed by atoms with van der Waals surface area (Å²) in [6.07, 6.45) is 5.14. The second kappa shape index (κ2) is 10.1. The van der Waals surface area contributed by atoms with Gasteiger partial charge >= 0.3 is 0 Å². The predicted octanol–water partition coefficient (Wildman–Crippen LogP) is 6.76. The third kappa shape index (κ3) is 4.50. The molecule has 1 atom stereocenters. The molecule has 1 spiro atoms. The fourth-order valence-corrected chi connectivity index (χ4v) is 7.33. The van der Waals surface area contributed by atoms with Gasteiger partial charge in [0.15, 0.2) is 0 Å². The van der Waals surface area contributed by atoms with Gasteiger partial charge in [0.05, 0.1) is 34.9 Å². The minimum atomic E-state index is -0.363. The molecule has 2 heterocycles. The summed E-state index contributed by atoms with van der Waals surface area (Å²) in [5, 5.41) is 23.2. The van der Waals surface area contributed by atoms with Gasteiger partial charge in [0, 0.05) is 22.1 Å². The minimum Gasteiger partial charge on any atom is -0.387 e. The Kier molecular flexibility index (Phi) is 6.72. The van der Waals surface area contributed by atoms with Crippen molar-refractivity contribution in [3.05, 3.63) is 86.7 Å². The summed E-state index contributed by atoms with van der Waals surface area (Å²) in [6.45, 7) is 0. The quantitative estimate of drug-likeness (QED) is 0.422. The first-order chi connectivity index (χ1) is 17.1. The lowest BCUT2D eigenvalue weighted by Crippen LogP contribution is -2.43. The van der Waals surface area contributed by atoms with Crippen molar-refractivity contribution in [2.24, 2.45) is 16.1 Å². The van der Waals surface area contributed by atoms with Crippen LogP contribution in [0.2, 0.25) is 0 Å². The molecule has 174 valence electrons. The maximum atomic E-state index is 10.4. The molecule has 1 aromatic heterocycles. The molecule has 0 radical (unpaired) electrons. The van der Waals surface area contributed by atoms with Crippen LogP contribution in [0.1, 0.15) is 54.2 Å². The first kappa shape index (κ1) is 23.4. The van der Waals surface area contributed by atoms with Gasteiger partial charge in [-0.2, -0.15) is 10.5 Å².